The van der Waals surface area contributed by atoms with E-state index < -0.39 is 18.2 Å². The highest BCUT2D eigenvalue weighted by atomic mass is 127. The summed E-state index contributed by atoms with van der Waals surface area (Å²) < 4.78 is 20.6. The molecule has 0 spiro atoms. The minimum absolute atomic E-state index is 0.168. The van der Waals surface area contributed by atoms with Crippen LogP contribution < -0.4 is 0 Å². The Labute approximate surface area is 176 Å². The molecule has 0 aromatic rings. The summed E-state index contributed by atoms with van der Waals surface area (Å²) in [7, 11) is 0. The number of rotatable bonds is 11. The largest absolute Gasteiger partial charge is 0.481 e. The zero-order chi connectivity index (χ0) is 20.0. The number of hydrogen-bond donors (Lipinski definition) is 2. The Hall–Kier alpha value is -0.210. The smallest absolute Gasteiger partial charge is 0.303 e. The van der Waals surface area contributed by atoms with Crippen LogP contribution >= 0.6 is 22.6 Å². The van der Waals surface area contributed by atoms with Crippen molar-refractivity contribution in [3.8, 4) is 0 Å². The lowest BCUT2D eigenvalue weighted by Gasteiger charge is -2.21. The fraction of sp³-hybridized carbons (Fsp3) is 0.857. The average molecular weight is 496 g/mol. The number of carboxylic acid groups (broad SMARTS) is 1. The van der Waals surface area contributed by atoms with E-state index in [4.69, 9.17) is 9.84 Å². The molecule has 0 aromatic heterocycles. The molecule has 2 aliphatic rings. The summed E-state index contributed by atoms with van der Waals surface area (Å²) in [6, 6.07) is 0. The van der Waals surface area contributed by atoms with Crippen molar-refractivity contribution in [1.29, 1.82) is 0 Å². The first kappa shape index (κ1) is 23.1. The molecular formula is C21H34FIO4. The first-order valence-corrected chi connectivity index (χ1v) is 11.6. The zero-order valence-electron chi connectivity index (χ0n) is 16.4. The molecule has 8 atom stereocenters. The number of ether oxygens (including phenoxy) is 1. The summed E-state index contributed by atoms with van der Waals surface area (Å²) >= 11 is 2.39. The quantitative estimate of drug-likeness (QED) is 0.242. The van der Waals surface area contributed by atoms with Gasteiger partial charge in [0.2, 0.25) is 0 Å². The summed E-state index contributed by atoms with van der Waals surface area (Å²) in [6.07, 6.45) is 7.73. The third-order valence-corrected chi connectivity index (χ3v) is 7.52. The van der Waals surface area contributed by atoms with Crippen LogP contribution in [0.15, 0.2) is 12.2 Å². The van der Waals surface area contributed by atoms with Gasteiger partial charge in [-0.25, -0.2) is 4.39 Å². The number of hydrogen-bond acceptors (Lipinski definition) is 3. The third-order valence-electron chi connectivity index (χ3n) is 6.10. The molecule has 1 saturated heterocycles. The first-order valence-electron chi connectivity index (χ1n) is 10.3. The van der Waals surface area contributed by atoms with Crippen LogP contribution in [-0.2, 0) is 9.53 Å². The van der Waals surface area contributed by atoms with Crippen LogP contribution in [0, 0.1) is 17.8 Å². The van der Waals surface area contributed by atoms with Gasteiger partial charge in [0.05, 0.1) is 12.2 Å². The second-order valence-electron chi connectivity index (χ2n) is 8.24. The minimum Gasteiger partial charge on any atom is -0.481 e. The van der Waals surface area contributed by atoms with Crippen LogP contribution in [0.2, 0.25) is 0 Å². The van der Waals surface area contributed by atoms with E-state index in [1.807, 2.05) is 13.0 Å². The van der Waals surface area contributed by atoms with Crippen LogP contribution in [-0.4, -0.2) is 44.6 Å². The molecule has 4 nitrogen and oxygen atoms in total. The molecule has 0 bridgehead atoms. The van der Waals surface area contributed by atoms with Gasteiger partial charge in [-0.15, -0.1) is 0 Å². The summed E-state index contributed by atoms with van der Waals surface area (Å²) in [6.45, 7) is 4.23. The van der Waals surface area contributed by atoms with Crippen LogP contribution in [0.4, 0.5) is 4.39 Å². The Morgan fingerprint density at radius 3 is 2.74 bits per heavy atom. The predicted molar refractivity (Wildman–Crippen MR) is 113 cm³/mol. The van der Waals surface area contributed by atoms with Crippen LogP contribution in [0.3, 0.4) is 0 Å². The lowest BCUT2D eigenvalue weighted by atomic mass is 9.86. The normalized spacial score (nSPS) is 33.9. The van der Waals surface area contributed by atoms with Crippen LogP contribution in [0.1, 0.15) is 65.2 Å². The average Bonchev–Trinajstić information content (AvgIpc) is 3.14. The summed E-state index contributed by atoms with van der Waals surface area (Å²) in [5, 5.41) is 18.9. The van der Waals surface area contributed by atoms with Gasteiger partial charge in [0, 0.05) is 10.3 Å². The zero-order valence-corrected chi connectivity index (χ0v) is 18.6. The van der Waals surface area contributed by atoms with Crippen LogP contribution in [0.5, 0.6) is 0 Å². The molecule has 1 saturated carbocycles. The highest BCUT2D eigenvalue weighted by molar-refractivity contribution is 14.1. The maximum atomic E-state index is 14.0. The SMILES string of the molecule is CCCC[C@@H](F)[C@H](O)C=C[C@H]1[C@H]2C[C@@H]([C@@H](I)CCCC(=O)O)O[C@H]2C[C@H]1C. The van der Waals surface area contributed by atoms with E-state index in [1.54, 1.807) is 6.08 Å². The topological polar surface area (TPSA) is 66.8 Å². The molecule has 1 aliphatic carbocycles. The molecule has 2 rings (SSSR count). The summed E-state index contributed by atoms with van der Waals surface area (Å²) in [5.41, 5.74) is 0. The van der Waals surface area contributed by atoms with E-state index in [-0.39, 0.29) is 18.6 Å². The molecule has 0 radical (unpaired) electrons. The number of aliphatic hydroxyl groups excluding tert-OH is 1. The number of carboxylic acids is 1. The highest BCUT2D eigenvalue weighted by Crippen LogP contribution is 2.48. The number of aliphatic hydroxyl groups is 1. The van der Waals surface area contributed by atoms with E-state index in [9.17, 15) is 14.3 Å². The van der Waals surface area contributed by atoms with Crippen molar-refractivity contribution in [1.82, 2.24) is 0 Å². The summed E-state index contributed by atoms with van der Waals surface area (Å²) in [4.78, 5) is 10.7. The maximum Gasteiger partial charge on any atom is 0.303 e. The van der Waals surface area contributed by atoms with Crippen molar-refractivity contribution < 1.29 is 24.1 Å². The second-order valence-corrected chi connectivity index (χ2v) is 9.84. The predicted octanol–water partition coefficient (Wildman–Crippen LogP) is 4.92. The van der Waals surface area contributed by atoms with Gasteiger partial charge in [0.15, 0.2) is 0 Å². The van der Waals surface area contributed by atoms with E-state index >= 15 is 0 Å². The van der Waals surface area contributed by atoms with Gasteiger partial charge < -0.3 is 14.9 Å². The molecule has 2 N–H and O–H groups in total. The Balaban J connectivity index is 1.86. The molecule has 6 heteroatoms. The number of alkyl halides is 2. The van der Waals surface area contributed by atoms with Crippen molar-refractivity contribution in [2.75, 3.05) is 0 Å². The van der Waals surface area contributed by atoms with Gasteiger partial charge in [-0.1, -0.05) is 61.4 Å². The van der Waals surface area contributed by atoms with Gasteiger partial charge in [0.1, 0.15) is 12.3 Å². The Kier molecular flexibility index (Phi) is 9.48. The minimum atomic E-state index is -1.19. The standard InChI is InChI=1S/C21H34FIO4/c1-3-4-6-16(22)18(24)10-9-14-13(2)11-19-15(14)12-20(27-19)17(23)7-5-8-21(25)26/h9-10,13-20,24H,3-8,11-12H2,1-2H3,(H,25,26)/t13-,14-,15-,16-,17+,18-,19+,20+/m1/s1. The van der Waals surface area contributed by atoms with E-state index in [0.717, 1.165) is 32.1 Å². The monoisotopic (exact) mass is 496 g/mol. The number of aliphatic carboxylic acids is 1. The first-order chi connectivity index (χ1) is 12.8. The lowest BCUT2D eigenvalue weighted by molar-refractivity contribution is -0.137. The molecule has 0 unspecified atom stereocenters. The van der Waals surface area contributed by atoms with E-state index in [1.165, 1.54) is 0 Å². The number of fused-ring (bicyclic) bond motifs is 1. The number of halogens is 2. The lowest BCUT2D eigenvalue weighted by Crippen LogP contribution is -2.23. The number of allylic oxidation sites excluding steroid dienone is 1. The third kappa shape index (κ3) is 6.67. The van der Waals surface area contributed by atoms with Crippen molar-refractivity contribution in [3.63, 3.8) is 0 Å². The molecule has 27 heavy (non-hydrogen) atoms. The fourth-order valence-corrected chi connectivity index (χ4v) is 5.42. The Morgan fingerprint density at radius 1 is 1.33 bits per heavy atom. The van der Waals surface area contributed by atoms with E-state index in [2.05, 4.69) is 29.5 Å². The second kappa shape index (κ2) is 11.1. The summed E-state index contributed by atoms with van der Waals surface area (Å²) in [5.74, 6) is 0.456. The van der Waals surface area contributed by atoms with Gasteiger partial charge in [-0.2, -0.15) is 0 Å². The molecule has 0 amide bonds. The number of unbranched alkanes of at least 4 members (excludes halogenated alkanes) is 1. The Morgan fingerprint density at radius 2 is 2.07 bits per heavy atom. The molecule has 1 heterocycles. The van der Waals surface area contributed by atoms with Gasteiger partial charge >= 0.3 is 5.97 Å². The van der Waals surface area contributed by atoms with Crippen molar-refractivity contribution in [2.24, 2.45) is 17.8 Å². The van der Waals surface area contributed by atoms with Gasteiger partial charge in [-0.05, 0) is 49.9 Å². The maximum absolute atomic E-state index is 14.0. The fourth-order valence-electron chi connectivity index (χ4n) is 4.51. The molecule has 2 fully saturated rings. The molecule has 1 aliphatic heterocycles. The Bertz CT molecular complexity index is 501. The molecule has 156 valence electrons. The van der Waals surface area contributed by atoms with Crippen LogP contribution in [0.25, 0.3) is 0 Å². The molecule has 0 aromatic carbocycles. The van der Waals surface area contributed by atoms with Gasteiger partial charge in [-0.3, -0.25) is 4.79 Å². The number of carbonyl (C=O) groups is 1. The van der Waals surface area contributed by atoms with Crippen molar-refractivity contribution in [2.45, 2.75) is 93.6 Å². The van der Waals surface area contributed by atoms with Gasteiger partial charge in [0.25, 0.3) is 0 Å². The van der Waals surface area contributed by atoms with Crippen molar-refractivity contribution in [3.05, 3.63) is 12.2 Å². The highest BCUT2D eigenvalue weighted by Gasteiger charge is 2.48. The van der Waals surface area contributed by atoms with Crippen molar-refractivity contribution >= 4 is 28.6 Å². The van der Waals surface area contributed by atoms with E-state index in [0.29, 0.717) is 34.5 Å². The molecular weight excluding hydrogens is 462 g/mol.